The van der Waals surface area contributed by atoms with Crippen molar-refractivity contribution in [2.45, 2.75) is 18.6 Å². The van der Waals surface area contributed by atoms with Gasteiger partial charge in [0.1, 0.15) is 5.82 Å². The number of hydrogen-bond acceptors (Lipinski definition) is 4. The van der Waals surface area contributed by atoms with Gasteiger partial charge in [-0.15, -0.1) is 0 Å². The zero-order valence-electron chi connectivity index (χ0n) is 14.8. The van der Waals surface area contributed by atoms with Crippen LogP contribution in [0.25, 0.3) is 10.9 Å². The number of nitrogens with one attached hydrogen (secondary N) is 1. The predicted octanol–water partition coefficient (Wildman–Crippen LogP) is 3.72. The molecule has 1 atom stereocenters. The summed E-state index contributed by atoms with van der Waals surface area (Å²) in [7, 11) is 0. The molecule has 1 amide bonds. The van der Waals surface area contributed by atoms with Gasteiger partial charge in [-0.05, 0) is 17.7 Å². The molecular weight excluding hydrogens is 369 g/mol. The summed E-state index contributed by atoms with van der Waals surface area (Å²) in [5, 5.41) is 3.31. The van der Waals surface area contributed by atoms with Crippen LogP contribution in [0.2, 0.25) is 0 Å². The number of alkyl halides is 3. The van der Waals surface area contributed by atoms with Crippen LogP contribution in [0.5, 0.6) is 0 Å². The van der Waals surface area contributed by atoms with Crippen LogP contribution in [-0.2, 0) is 11.0 Å². The highest BCUT2D eigenvalue weighted by Crippen LogP contribution is 2.36. The summed E-state index contributed by atoms with van der Waals surface area (Å²) >= 11 is 0. The van der Waals surface area contributed by atoms with Gasteiger partial charge in [0, 0.05) is 18.5 Å². The Balaban J connectivity index is 1.91. The third kappa shape index (κ3) is 3.49. The van der Waals surface area contributed by atoms with Crippen LogP contribution in [0, 0.1) is 0 Å². The molecule has 0 bridgehead atoms. The Morgan fingerprint density at radius 1 is 1.00 bits per heavy atom. The molecule has 1 aliphatic rings. The standard InChI is InChI=1S/C20H17F3N4O/c21-20(22,23)19-25-15-9-5-4-8-14(15)18(26-19)27-11-10-24-17(28)12-16(27)13-6-2-1-3-7-13/h1-9,16H,10-12H2,(H,24,28). The third-order valence-electron chi connectivity index (χ3n) is 4.72. The molecule has 2 heterocycles. The number of carbonyl (C=O) groups excluding carboxylic acids is 1. The van der Waals surface area contributed by atoms with E-state index in [1.54, 1.807) is 23.1 Å². The van der Waals surface area contributed by atoms with Crippen molar-refractivity contribution in [3.8, 4) is 0 Å². The van der Waals surface area contributed by atoms with Gasteiger partial charge in [-0.25, -0.2) is 9.97 Å². The second-order valence-corrected chi connectivity index (χ2v) is 6.56. The van der Waals surface area contributed by atoms with E-state index in [1.807, 2.05) is 30.3 Å². The second kappa shape index (κ2) is 7.10. The number of nitrogens with zero attached hydrogens (tertiary/aromatic N) is 3. The molecule has 0 aliphatic carbocycles. The van der Waals surface area contributed by atoms with Gasteiger partial charge in [0.15, 0.2) is 0 Å². The molecular formula is C20H17F3N4O. The van der Waals surface area contributed by atoms with Gasteiger partial charge in [-0.1, -0.05) is 42.5 Å². The summed E-state index contributed by atoms with van der Waals surface area (Å²) in [5.74, 6) is -1.15. The first-order valence-corrected chi connectivity index (χ1v) is 8.86. The fourth-order valence-electron chi connectivity index (χ4n) is 3.46. The topological polar surface area (TPSA) is 58.1 Å². The van der Waals surface area contributed by atoms with Gasteiger partial charge < -0.3 is 10.2 Å². The number of carbonyl (C=O) groups is 1. The van der Waals surface area contributed by atoms with Crippen molar-refractivity contribution < 1.29 is 18.0 Å². The molecule has 28 heavy (non-hydrogen) atoms. The summed E-state index contributed by atoms with van der Waals surface area (Å²) in [5.41, 5.74) is 1.06. The van der Waals surface area contributed by atoms with Crippen LogP contribution in [0.1, 0.15) is 23.9 Å². The van der Waals surface area contributed by atoms with Crippen molar-refractivity contribution in [2.24, 2.45) is 0 Å². The van der Waals surface area contributed by atoms with E-state index in [1.165, 1.54) is 6.07 Å². The van der Waals surface area contributed by atoms with Gasteiger partial charge in [0.2, 0.25) is 11.7 Å². The van der Waals surface area contributed by atoms with Crippen LogP contribution in [0.15, 0.2) is 54.6 Å². The number of rotatable bonds is 2. The lowest BCUT2D eigenvalue weighted by Gasteiger charge is -2.31. The number of benzene rings is 2. The first-order valence-electron chi connectivity index (χ1n) is 8.86. The van der Waals surface area contributed by atoms with Crippen molar-refractivity contribution in [3.05, 3.63) is 66.0 Å². The van der Waals surface area contributed by atoms with E-state index in [0.717, 1.165) is 5.56 Å². The van der Waals surface area contributed by atoms with E-state index >= 15 is 0 Å². The van der Waals surface area contributed by atoms with Gasteiger partial charge in [-0.3, -0.25) is 4.79 Å². The zero-order valence-corrected chi connectivity index (χ0v) is 14.8. The molecule has 1 aromatic heterocycles. The number of halogens is 3. The predicted molar refractivity (Wildman–Crippen MR) is 98.7 cm³/mol. The largest absolute Gasteiger partial charge is 0.451 e. The molecule has 144 valence electrons. The van der Waals surface area contributed by atoms with E-state index in [9.17, 15) is 18.0 Å². The third-order valence-corrected chi connectivity index (χ3v) is 4.72. The van der Waals surface area contributed by atoms with Crippen LogP contribution >= 0.6 is 0 Å². The monoisotopic (exact) mass is 386 g/mol. The Labute approximate surface area is 159 Å². The maximum Gasteiger partial charge on any atom is 0.451 e. The Bertz CT molecular complexity index is 1010. The van der Waals surface area contributed by atoms with Crippen molar-refractivity contribution in [1.29, 1.82) is 0 Å². The second-order valence-electron chi connectivity index (χ2n) is 6.56. The van der Waals surface area contributed by atoms with Gasteiger partial charge >= 0.3 is 6.18 Å². The zero-order chi connectivity index (χ0) is 19.7. The first kappa shape index (κ1) is 18.2. The first-order chi connectivity index (χ1) is 13.4. The van der Waals surface area contributed by atoms with Crippen LogP contribution < -0.4 is 10.2 Å². The maximum atomic E-state index is 13.4. The van der Waals surface area contributed by atoms with E-state index in [-0.39, 0.29) is 23.7 Å². The number of para-hydroxylation sites is 1. The smallest absolute Gasteiger partial charge is 0.354 e. The molecule has 8 heteroatoms. The highest BCUT2D eigenvalue weighted by atomic mass is 19.4. The lowest BCUT2D eigenvalue weighted by molar-refractivity contribution is -0.144. The van der Waals surface area contributed by atoms with Crippen LogP contribution in [0.3, 0.4) is 0 Å². The minimum absolute atomic E-state index is 0.129. The SMILES string of the molecule is O=C1CC(c2ccccc2)N(c2nc(C(F)(F)F)nc3ccccc23)CCN1. The van der Waals surface area contributed by atoms with Crippen LogP contribution in [-0.4, -0.2) is 29.0 Å². The van der Waals surface area contributed by atoms with E-state index in [0.29, 0.717) is 18.5 Å². The number of anilines is 1. The summed E-state index contributed by atoms with van der Waals surface area (Å²) < 4.78 is 40.2. The minimum Gasteiger partial charge on any atom is -0.354 e. The molecule has 1 unspecified atom stereocenters. The van der Waals surface area contributed by atoms with Crippen molar-refractivity contribution >= 4 is 22.6 Å². The van der Waals surface area contributed by atoms with E-state index < -0.39 is 18.0 Å². The van der Waals surface area contributed by atoms with Gasteiger partial charge in [0.25, 0.3) is 0 Å². The van der Waals surface area contributed by atoms with Crippen molar-refractivity contribution in [1.82, 2.24) is 15.3 Å². The molecule has 1 aliphatic heterocycles. The number of amides is 1. The molecule has 3 aromatic rings. The van der Waals surface area contributed by atoms with Crippen molar-refractivity contribution in [3.63, 3.8) is 0 Å². The average Bonchev–Trinajstić information content (AvgIpc) is 2.88. The molecule has 1 N–H and O–H groups in total. The Morgan fingerprint density at radius 2 is 1.71 bits per heavy atom. The highest BCUT2D eigenvalue weighted by molar-refractivity contribution is 5.90. The molecule has 1 fully saturated rings. The molecule has 5 nitrogen and oxygen atoms in total. The van der Waals surface area contributed by atoms with Crippen LogP contribution in [0.4, 0.5) is 19.0 Å². The Kier molecular flexibility index (Phi) is 4.62. The Hall–Kier alpha value is -3.16. The summed E-state index contributed by atoms with van der Waals surface area (Å²) in [6, 6.07) is 15.5. The molecule has 4 rings (SSSR count). The molecule has 0 radical (unpaired) electrons. The average molecular weight is 386 g/mol. The van der Waals surface area contributed by atoms with Gasteiger partial charge in [0.05, 0.1) is 18.0 Å². The number of hydrogen-bond donors (Lipinski definition) is 1. The maximum absolute atomic E-state index is 13.4. The number of fused-ring (bicyclic) bond motifs is 1. The minimum atomic E-state index is -4.67. The summed E-state index contributed by atoms with van der Waals surface area (Å²) in [6.45, 7) is 0.658. The quantitative estimate of drug-likeness (QED) is 0.729. The fraction of sp³-hybridized carbons (Fsp3) is 0.250. The number of aromatic nitrogens is 2. The lowest BCUT2D eigenvalue weighted by atomic mass is 10.0. The molecule has 2 aromatic carbocycles. The highest BCUT2D eigenvalue weighted by Gasteiger charge is 2.37. The summed E-state index contributed by atoms with van der Waals surface area (Å²) in [4.78, 5) is 21.5. The lowest BCUT2D eigenvalue weighted by Crippen LogP contribution is -2.32. The Morgan fingerprint density at radius 3 is 2.46 bits per heavy atom. The van der Waals surface area contributed by atoms with E-state index in [2.05, 4.69) is 15.3 Å². The molecule has 1 saturated heterocycles. The normalized spacial score (nSPS) is 18.0. The molecule has 0 spiro atoms. The van der Waals surface area contributed by atoms with Crippen molar-refractivity contribution in [2.75, 3.05) is 18.0 Å². The van der Waals surface area contributed by atoms with E-state index in [4.69, 9.17) is 0 Å². The van der Waals surface area contributed by atoms with Gasteiger partial charge in [-0.2, -0.15) is 13.2 Å². The molecule has 0 saturated carbocycles. The summed E-state index contributed by atoms with van der Waals surface area (Å²) in [6.07, 6.45) is -4.54. The fourth-order valence-corrected chi connectivity index (χ4v) is 3.46.